The predicted octanol–water partition coefficient (Wildman–Crippen LogP) is 2.32. The Labute approximate surface area is 131 Å². The quantitative estimate of drug-likeness (QED) is 0.882. The third-order valence-electron chi connectivity index (χ3n) is 3.51. The van der Waals surface area contributed by atoms with Gasteiger partial charge < -0.3 is 9.63 Å². The van der Waals surface area contributed by atoms with Gasteiger partial charge in [-0.25, -0.2) is 0 Å². The molecule has 0 radical (unpaired) electrons. The monoisotopic (exact) mass is 304 g/mol. The minimum Gasteiger partial charge on any atom is -0.395 e. The molecule has 0 bridgehead atoms. The van der Waals surface area contributed by atoms with Crippen LogP contribution >= 0.6 is 0 Å². The number of nitrogens with zero attached hydrogens (tertiary/aromatic N) is 4. The molecule has 2 aromatic rings. The fraction of sp³-hybridized carbons (Fsp3) is 0.562. The van der Waals surface area contributed by atoms with Gasteiger partial charge in [-0.3, -0.25) is 9.88 Å². The fourth-order valence-electron chi connectivity index (χ4n) is 2.13. The Hall–Kier alpha value is -1.79. The average molecular weight is 304 g/mol. The number of pyridine rings is 1. The van der Waals surface area contributed by atoms with E-state index >= 15 is 0 Å². The molecule has 1 atom stereocenters. The number of rotatable bonds is 6. The topological polar surface area (TPSA) is 75.3 Å². The highest BCUT2D eigenvalue weighted by molar-refractivity contribution is 5.09. The van der Waals surface area contributed by atoms with E-state index in [1.165, 1.54) is 0 Å². The molecule has 1 N–H and O–H groups in total. The highest BCUT2D eigenvalue weighted by Crippen LogP contribution is 2.24. The SMILES string of the molecule is CC(c1nc(C(C)(C)C)no1)N(CCO)Cc1cccnc1. The largest absolute Gasteiger partial charge is 0.395 e. The van der Waals surface area contributed by atoms with Crippen LogP contribution < -0.4 is 0 Å². The normalized spacial score (nSPS) is 13.5. The molecule has 0 saturated carbocycles. The van der Waals surface area contributed by atoms with Gasteiger partial charge in [-0.05, 0) is 18.6 Å². The lowest BCUT2D eigenvalue weighted by atomic mass is 9.96. The molecule has 2 aromatic heterocycles. The van der Waals surface area contributed by atoms with Crippen LogP contribution in [0.3, 0.4) is 0 Å². The highest BCUT2D eigenvalue weighted by Gasteiger charge is 2.26. The summed E-state index contributed by atoms with van der Waals surface area (Å²) in [6.07, 6.45) is 3.57. The van der Waals surface area contributed by atoms with E-state index in [0.29, 0.717) is 24.8 Å². The van der Waals surface area contributed by atoms with Crippen molar-refractivity contribution in [2.45, 2.75) is 45.7 Å². The van der Waals surface area contributed by atoms with Gasteiger partial charge in [-0.2, -0.15) is 4.98 Å². The summed E-state index contributed by atoms with van der Waals surface area (Å²) in [6.45, 7) is 9.43. The van der Waals surface area contributed by atoms with Gasteiger partial charge in [-0.15, -0.1) is 0 Å². The van der Waals surface area contributed by atoms with Gasteiger partial charge in [-0.1, -0.05) is 32.0 Å². The standard InChI is InChI=1S/C16H24N4O2/c1-12(14-18-15(19-22-14)16(2,3)4)20(8-9-21)11-13-6-5-7-17-10-13/h5-7,10,12,21H,8-9,11H2,1-4H3. The molecule has 6 heteroatoms. The van der Waals surface area contributed by atoms with Crippen molar-refractivity contribution < 1.29 is 9.63 Å². The van der Waals surface area contributed by atoms with Crippen LogP contribution in [0.2, 0.25) is 0 Å². The molecule has 120 valence electrons. The lowest BCUT2D eigenvalue weighted by molar-refractivity contribution is 0.130. The van der Waals surface area contributed by atoms with Crippen LogP contribution in [0.5, 0.6) is 0 Å². The minimum absolute atomic E-state index is 0.0732. The summed E-state index contributed by atoms with van der Waals surface area (Å²) in [5.41, 5.74) is 0.936. The molecule has 2 heterocycles. The second-order valence-electron chi connectivity index (χ2n) is 6.44. The van der Waals surface area contributed by atoms with Gasteiger partial charge in [0.1, 0.15) is 0 Å². The minimum atomic E-state index is -0.146. The number of aliphatic hydroxyl groups is 1. The van der Waals surface area contributed by atoms with Crippen molar-refractivity contribution >= 4 is 0 Å². The molecule has 0 fully saturated rings. The maximum Gasteiger partial charge on any atom is 0.243 e. The van der Waals surface area contributed by atoms with Crippen molar-refractivity contribution in [3.05, 3.63) is 41.8 Å². The van der Waals surface area contributed by atoms with Gasteiger partial charge in [0, 0.05) is 30.9 Å². The summed E-state index contributed by atoms with van der Waals surface area (Å²) in [6, 6.07) is 3.84. The zero-order chi connectivity index (χ0) is 16.2. The van der Waals surface area contributed by atoms with E-state index in [-0.39, 0.29) is 18.1 Å². The Morgan fingerprint density at radius 1 is 1.36 bits per heavy atom. The van der Waals surface area contributed by atoms with Crippen LogP contribution in [0.4, 0.5) is 0 Å². The van der Waals surface area contributed by atoms with Crippen molar-refractivity contribution in [3.8, 4) is 0 Å². The number of aliphatic hydroxyl groups excluding tert-OH is 1. The van der Waals surface area contributed by atoms with Crippen LogP contribution in [-0.2, 0) is 12.0 Å². The molecule has 2 rings (SSSR count). The van der Waals surface area contributed by atoms with Gasteiger partial charge in [0.25, 0.3) is 0 Å². The summed E-state index contributed by atoms with van der Waals surface area (Å²) in [5, 5.41) is 13.4. The van der Waals surface area contributed by atoms with Crippen LogP contribution in [0.1, 0.15) is 51.0 Å². The Balaban J connectivity index is 2.15. The van der Waals surface area contributed by atoms with Crippen LogP contribution in [0.25, 0.3) is 0 Å². The zero-order valence-electron chi connectivity index (χ0n) is 13.7. The molecule has 0 saturated heterocycles. The van der Waals surface area contributed by atoms with Gasteiger partial charge >= 0.3 is 0 Å². The number of aromatic nitrogens is 3. The number of hydrogen-bond donors (Lipinski definition) is 1. The van der Waals surface area contributed by atoms with Crippen molar-refractivity contribution in [3.63, 3.8) is 0 Å². The smallest absolute Gasteiger partial charge is 0.243 e. The molecule has 0 spiro atoms. The Kier molecular flexibility index (Phi) is 5.26. The average Bonchev–Trinajstić information content (AvgIpc) is 2.97. The first-order valence-electron chi connectivity index (χ1n) is 7.49. The zero-order valence-corrected chi connectivity index (χ0v) is 13.7. The molecule has 0 amide bonds. The summed E-state index contributed by atoms with van der Waals surface area (Å²) in [4.78, 5) is 10.7. The third-order valence-corrected chi connectivity index (χ3v) is 3.51. The maximum absolute atomic E-state index is 9.32. The summed E-state index contributed by atoms with van der Waals surface area (Å²) in [5.74, 6) is 1.27. The highest BCUT2D eigenvalue weighted by atomic mass is 16.5. The summed E-state index contributed by atoms with van der Waals surface area (Å²) >= 11 is 0. The molecule has 0 aromatic carbocycles. The first-order valence-corrected chi connectivity index (χ1v) is 7.49. The second kappa shape index (κ2) is 6.98. The van der Waals surface area contributed by atoms with Gasteiger partial charge in [0.05, 0.1) is 12.6 Å². The van der Waals surface area contributed by atoms with Gasteiger partial charge in [0.2, 0.25) is 5.89 Å². The van der Waals surface area contributed by atoms with Crippen molar-refractivity contribution in [1.82, 2.24) is 20.0 Å². The molecule has 0 aliphatic rings. The Bertz CT molecular complexity index is 577. The Morgan fingerprint density at radius 2 is 2.14 bits per heavy atom. The molecular weight excluding hydrogens is 280 g/mol. The first-order chi connectivity index (χ1) is 10.4. The summed E-state index contributed by atoms with van der Waals surface area (Å²) in [7, 11) is 0. The third kappa shape index (κ3) is 4.11. The van der Waals surface area contributed by atoms with E-state index in [2.05, 4.69) is 20.0 Å². The molecule has 0 aliphatic heterocycles. The second-order valence-corrected chi connectivity index (χ2v) is 6.44. The van der Waals surface area contributed by atoms with E-state index < -0.39 is 0 Å². The molecule has 6 nitrogen and oxygen atoms in total. The van der Waals surface area contributed by atoms with Gasteiger partial charge in [0.15, 0.2) is 5.82 Å². The lowest BCUT2D eigenvalue weighted by Crippen LogP contribution is -2.30. The van der Waals surface area contributed by atoms with E-state index in [1.54, 1.807) is 6.20 Å². The molecule has 0 aliphatic carbocycles. The lowest BCUT2D eigenvalue weighted by Gasteiger charge is -2.25. The van der Waals surface area contributed by atoms with Crippen LogP contribution in [0, 0.1) is 0 Å². The molecule has 22 heavy (non-hydrogen) atoms. The van der Waals surface area contributed by atoms with Crippen molar-refractivity contribution in [2.75, 3.05) is 13.2 Å². The van der Waals surface area contributed by atoms with E-state index in [9.17, 15) is 5.11 Å². The van der Waals surface area contributed by atoms with Crippen molar-refractivity contribution in [1.29, 1.82) is 0 Å². The number of hydrogen-bond acceptors (Lipinski definition) is 6. The summed E-state index contributed by atoms with van der Waals surface area (Å²) < 4.78 is 5.42. The Morgan fingerprint density at radius 3 is 2.68 bits per heavy atom. The van der Waals surface area contributed by atoms with Crippen LogP contribution in [0.15, 0.2) is 29.0 Å². The maximum atomic E-state index is 9.32. The fourth-order valence-corrected chi connectivity index (χ4v) is 2.13. The first kappa shape index (κ1) is 16.6. The van der Waals surface area contributed by atoms with Crippen molar-refractivity contribution in [2.24, 2.45) is 0 Å². The predicted molar refractivity (Wildman–Crippen MR) is 83.1 cm³/mol. The molecular formula is C16H24N4O2. The van der Waals surface area contributed by atoms with E-state index in [1.807, 2.05) is 46.0 Å². The van der Waals surface area contributed by atoms with Crippen LogP contribution in [-0.4, -0.2) is 38.3 Å². The molecule has 1 unspecified atom stereocenters. The van der Waals surface area contributed by atoms with E-state index in [4.69, 9.17) is 4.52 Å². The van der Waals surface area contributed by atoms with E-state index in [0.717, 1.165) is 5.56 Å².